The van der Waals surface area contributed by atoms with E-state index in [0.717, 1.165) is 131 Å². The third-order valence-corrected chi connectivity index (χ3v) is 14.1. The Bertz CT molecular complexity index is 2300. The number of piperidine rings is 3. The molecule has 316 valence electrons. The number of aromatic nitrogens is 4. The van der Waals surface area contributed by atoms with Crippen LogP contribution in [-0.2, 0) is 16.1 Å². The van der Waals surface area contributed by atoms with E-state index in [0.29, 0.717) is 34.7 Å². The summed E-state index contributed by atoms with van der Waals surface area (Å²) < 4.78 is 22.2. The van der Waals surface area contributed by atoms with Crippen molar-refractivity contribution in [3.63, 3.8) is 0 Å². The second kappa shape index (κ2) is 15.7. The number of hydrogen-bond donors (Lipinski definition) is 2. The zero-order chi connectivity index (χ0) is 41.1. The predicted octanol–water partition coefficient (Wildman–Crippen LogP) is 4.99. The van der Waals surface area contributed by atoms with Crippen molar-refractivity contribution >= 4 is 40.1 Å². The SMILES string of the molecule is C[C@H]1CN(CC2CCN(c3cc(-c4n[nH]c5ccc(OC6(C)CC6)cc45)ncn3)CC2)CCN1CC1CCN(c2ccc3c(c2F)CN(C2CCC(=O)NC2=O)C3=O)CC1. The number of aromatic amines is 1. The van der Waals surface area contributed by atoms with E-state index in [1.807, 2.05) is 12.1 Å². The average Bonchev–Trinajstić information content (AvgIpc) is 3.66. The molecule has 2 aromatic carbocycles. The van der Waals surface area contributed by atoms with E-state index in [2.05, 4.69) is 71.1 Å². The first-order valence-electron chi connectivity index (χ1n) is 22.0. The molecule has 1 unspecified atom stereocenters. The standard InChI is InChI=1S/C45H55FN10O4/c1-28-23-52(24-29-11-17-54(18-12-29)39-22-36(47-27-48-39)42-33-21-31(60-45(2)13-14-45)3-5-35(33)50-51-42)19-20-55(28)25-30-9-15-53(16-10-30)37-6-4-32-34(41(37)46)26-56(44(32)59)38-7-8-40(57)49-43(38)58/h3-6,21-22,27-30,38H,7-20,23-26H2,1-2H3,(H,50,51)(H,49,57,58)/t28-,38?/m0/s1. The first kappa shape index (κ1) is 39.0. The molecule has 0 bridgehead atoms. The van der Waals surface area contributed by atoms with Gasteiger partial charge in [0.15, 0.2) is 5.82 Å². The minimum atomic E-state index is -0.754. The number of carbonyl (C=O) groups excluding carboxylic acids is 3. The van der Waals surface area contributed by atoms with Gasteiger partial charge < -0.3 is 24.3 Å². The minimum Gasteiger partial charge on any atom is -0.488 e. The smallest absolute Gasteiger partial charge is 0.255 e. The van der Waals surface area contributed by atoms with Gasteiger partial charge in [-0.05, 0) is 101 Å². The van der Waals surface area contributed by atoms with Crippen molar-refractivity contribution in [1.82, 2.24) is 40.2 Å². The molecule has 4 saturated heterocycles. The molecule has 10 rings (SSSR count). The molecule has 6 aliphatic rings. The Balaban J connectivity index is 0.680. The third kappa shape index (κ3) is 7.70. The van der Waals surface area contributed by atoms with E-state index in [1.165, 1.54) is 4.90 Å². The Morgan fingerprint density at radius 2 is 1.65 bits per heavy atom. The number of amides is 3. The molecule has 2 aromatic heterocycles. The molecule has 0 spiro atoms. The van der Waals surface area contributed by atoms with Gasteiger partial charge in [0, 0.05) is 93.9 Å². The number of benzene rings is 2. The molecule has 2 N–H and O–H groups in total. The van der Waals surface area contributed by atoms with E-state index in [-0.39, 0.29) is 42.6 Å². The summed E-state index contributed by atoms with van der Waals surface area (Å²) in [5.41, 5.74) is 3.75. The molecular formula is C45H55FN10O4. The summed E-state index contributed by atoms with van der Waals surface area (Å²) >= 11 is 0. The van der Waals surface area contributed by atoms with Crippen LogP contribution in [0, 0.1) is 17.7 Å². The number of imide groups is 1. The topological polar surface area (TPSA) is 143 Å². The Morgan fingerprint density at radius 3 is 2.40 bits per heavy atom. The van der Waals surface area contributed by atoms with Crippen LogP contribution in [0.2, 0.25) is 0 Å². The van der Waals surface area contributed by atoms with Gasteiger partial charge in [0.1, 0.15) is 35.2 Å². The molecule has 1 saturated carbocycles. The summed E-state index contributed by atoms with van der Waals surface area (Å²) in [7, 11) is 0. The highest BCUT2D eigenvalue weighted by Crippen LogP contribution is 2.41. The Hall–Kier alpha value is -5.15. The van der Waals surface area contributed by atoms with Crippen molar-refractivity contribution in [1.29, 1.82) is 0 Å². The van der Waals surface area contributed by atoms with Gasteiger partial charge in [-0.3, -0.25) is 29.7 Å². The second-order valence-electron chi connectivity index (χ2n) is 18.4. The number of ether oxygens (including phenoxy) is 1. The number of hydrogen-bond acceptors (Lipinski definition) is 11. The van der Waals surface area contributed by atoms with Gasteiger partial charge >= 0.3 is 0 Å². The number of piperazine rings is 1. The maximum absolute atomic E-state index is 16.0. The van der Waals surface area contributed by atoms with Gasteiger partial charge in [-0.15, -0.1) is 0 Å². The van der Waals surface area contributed by atoms with E-state index >= 15 is 4.39 Å². The van der Waals surface area contributed by atoms with Crippen LogP contribution < -0.4 is 19.9 Å². The zero-order valence-electron chi connectivity index (χ0n) is 34.7. The highest BCUT2D eigenvalue weighted by atomic mass is 19.1. The van der Waals surface area contributed by atoms with Crippen molar-refractivity contribution in [3.05, 3.63) is 59.7 Å². The quantitative estimate of drug-likeness (QED) is 0.209. The number of carbonyl (C=O) groups is 3. The van der Waals surface area contributed by atoms with Gasteiger partial charge in [0.25, 0.3) is 5.91 Å². The summed E-state index contributed by atoms with van der Waals surface area (Å²) in [6.45, 7) is 13.5. The summed E-state index contributed by atoms with van der Waals surface area (Å²) in [5, 5.41) is 11.1. The molecule has 60 heavy (non-hydrogen) atoms. The fraction of sp³-hybridized carbons (Fsp3) is 0.556. The normalized spacial score (nSPS) is 24.3. The molecule has 0 radical (unpaired) electrons. The van der Waals surface area contributed by atoms with Crippen molar-refractivity contribution in [3.8, 4) is 17.1 Å². The minimum absolute atomic E-state index is 0.0456. The van der Waals surface area contributed by atoms with Crippen LogP contribution in [0.15, 0.2) is 42.7 Å². The van der Waals surface area contributed by atoms with E-state index in [4.69, 9.17) is 4.74 Å². The first-order valence-corrected chi connectivity index (χ1v) is 22.0. The van der Waals surface area contributed by atoms with Crippen molar-refractivity contribution in [2.24, 2.45) is 11.8 Å². The molecular weight excluding hydrogens is 764 g/mol. The van der Waals surface area contributed by atoms with Crippen molar-refractivity contribution in [2.45, 2.75) is 89.4 Å². The van der Waals surface area contributed by atoms with Crippen LogP contribution in [-0.4, -0.2) is 129 Å². The summed E-state index contributed by atoms with van der Waals surface area (Å²) in [4.78, 5) is 57.8. The van der Waals surface area contributed by atoms with Crippen LogP contribution >= 0.6 is 0 Å². The molecule has 5 fully saturated rings. The van der Waals surface area contributed by atoms with Crippen molar-refractivity contribution < 1.29 is 23.5 Å². The molecule has 3 amide bonds. The molecule has 7 heterocycles. The first-order chi connectivity index (χ1) is 29.1. The Labute approximate surface area is 349 Å². The molecule has 5 aliphatic heterocycles. The predicted molar refractivity (Wildman–Crippen MR) is 225 cm³/mol. The summed E-state index contributed by atoms with van der Waals surface area (Å²) in [6.07, 6.45) is 8.52. The second-order valence-corrected chi connectivity index (χ2v) is 18.4. The lowest BCUT2D eigenvalue weighted by Gasteiger charge is -2.44. The lowest BCUT2D eigenvalue weighted by Crippen LogP contribution is -2.54. The van der Waals surface area contributed by atoms with E-state index in [1.54, 1.807) is 18.5 Å². The van der Waals surface area contributed by atoms with Crippen LogP contribution in [0.3, 0.4) is 0 Å². The number of rotatable bonds is 10. The van der Waals surface area contributed by atoms with Crippen LogP contribution in [0.4, 0.5) is 15.9 Å². The monoisotopic (exact) mass is 818 g/mol. The third-order valence-electron chi connectivity index (χ3n) is 14.1. The Morgan fingerprint density at radius 1 is 0.883 bits per heavy atom. The van der Waals surface area contributed by atoms with Gasteiger partial charge in [0.05, 0.1) is 23.4 Å². The van der Waals surface area contributed by atoms with Crippen LogP contribution in [0.5, 0.6) is 5.75 Å². The largest absolute Gasteiger partial charge is 0.488 e. The van der Waals surface area contributed by atoms with Gasteiger partial charge in [0.2, 0.25) is 11.8 Å². The maximum atomic E-state index is 16.0. The average molecular weight is 819 g/mol. The highest BCUT2D eigenvalue weighted by Gasteiger charge is 2.42. The van der Waals surface area contributed by atoms with Crippen molar-refractivity contribution in [2.75, 3.05) is 68.7 Å². The van der Waals surface area contributed by atoms with Crippen LogP contribution in [0.1, 0.15) is 81.1 Å². The van der Waals surface area contributed by atoms with Crippen LogP contribution in [0.25, 0.3) is 22.3 Å². The highest BCUT2D eigenvalue weighted by molar-refractivity contribution is 6.05. The van der Waals surface area contributed by atoms with Gasteiger partial charge in [-0.25, -0.2) is 14.4 Å². The number of halogens is 1. The zero-order valence-corrected chi connectivity index (χ0v) is 34.7. The lowest BCUT2D eigenvalue weighted by molar-refractivity contribution is -0.136. The molecule has 14 nitrogen and oxygen atoms in total. The maximum Gasteiger partial charge on any atom is 0.255 e. The van der Waals surface area contributed by atoms with E-state index in [9.17, 15) is 14.4 Å². The lowest BCUT2D eigenvalue weighted by atomic mass is 9.93. The fourth-order valence-corrected chi connectivity index (χ4v) is 10.2. The van der Waals surface area contributed by atoms with E-state index < -0.39 is 11.9 Å². The number of nitrogens with one attached hydrogen (secondary N) is 2. The molecule has 15 heteroatoms. The number of anilines is 2. The fourth-order valence-electron chi connectivity index (χ4n) is 10.2. The molecule has 2 atom stereocenters. The number of fused-ring (bicyclic) bond motifs is 2. The molecule has 1 aliphatic carbocycles. The molecule has 4 aromatic rings. The summed E-state index contributed by atoms with van der Waals surface area (Å²) in [5.74, 6) is 1.50. The van der Waals surface area contributed by atoms with Gasteiger partial charge in [-0.1, -0.05) is 0 Å². The van der Waals surface area contributed by atoms with Gasteiger partial charge in [-0.2, -0.15) is 5.10 Å². The number of nitrogens with zero attached hydrogens (tertiary/aromatic N) is 8. The Kier molecular flexibility index (Phi) is 10.2. The number of H-pyrrole nitrogens is 1. The summed E-state index contributed by atoms with van der Waals surface area (Å²) in [6, 6.07) is 11.3.